The van der Waals surface area contributed by atoms with E-state index in [0.29, 0.717) is 13.2 Å². The van der Waals surface area contributed by atoms with Crippen molar-refractivity contribution in [2.45, 2.75) is 44.9 Å². The van der Waals surface area contributed by atoms with E-state index in [1.807, 2.05) is 0 Å². The maximum Gasteiger partial charge on any atom is 0.0819 e. The van der Waals surface area contributed by atoms with Crippen LogP contribution in [0.2, 0.25) is 0 Å². The Labute approximate surface area is 79.3 Å². The van der Waals surface area contributed by atoms with Crippen LogP contribution >= 0.6 is 0 Å². The van der Waals surface area contributed by atoms with Crippen molar-refractivity contribution >= 4 is 0 Å². The highest BCUT2D eigenvalue weighted by molar-refractivity contribution is 4.45. The van der Waals surface area contributed by atoms with Gasteiger partial charge in [0.1, 0.15) is 0 Å². The summed E-state index contributed by atoms with van der Waals surface area (Å²) in [7, 11) is 0. The fraction of sp³-hybridized carbons (Fsp3) is 1.00. The van der Waals surface area contributed by atoms with Crippen molar-refractivity contribution in [2.75, 3.05) is 13.2 Å². The molecule has 4 nitrogen and oxygen atoms in total. The van der Waals surface area contributed by atoms with E-state index in [0.717, 1.165) is 25.7 Å². The molecule has 0 radical (unpaired) electrons. The predicted molar refractivity (Wildman–Crippen MR) is 49.5 cm³/mol. The van der Waals surface area contributed by atoms with Gasteiger partial charge in [0.25, 0.3) is 0 Å². The predicted octanol–water partition coefficient (Wildman–Crippen LogP) is 2.70. The van der Waals surface area contributed by atoms with Crippen LogP contribution in [0, 0.1) is 0 Å². The van der Waals surface area contributed by atoms with Crippen LogP contribution in [0.25, 0.3) is 0 Å². The summed E-state index contributed by atoms with van der Waals surface area (Å²) in [5.41, 5.74) is 0. The summed E-state index contributed by atoms with van der Waals surface area (Å²) in [5.74, 6) is 0. The van der Waals surface area contributed by atoms with Crippen LogP contribution < -0.4 is 0 Å². The third-order valence-corrected chi connectivity index (χ3v) is 1.97. The lowest BCUT2D eigenvalue weighted by Gasteiger charge is -2.00. The molecular formula is C9H20O4. The second kappa shape index (κ2) is 11.8. The van der Waals surface area contributed by atoms with Crippen LogP contribution in [0.1, 0.15) is 44.9 Å². The fourth-order valence-electron chi connectivity index (χ4n) is 1.22. The van der Waals surface area contributed by atoms with Gasteiger partial charge in [-0.05, 0) is 12.8 Å². The Morgan fingerprint density at radius 1 is 0.538 bits per heavy atom. The molecule has 0 rings (SSSR count). The Morgan fingerprint density at radius 3 is 1.15 bits per heavy atom. The van der Waals surface area contributed by atoms with Crippen molar-refractivity contribution in [1.29, 1.82) is 0 Å². The van der Waals surface area contributed by atoms with Crippen LogP contribution in [-0.4, -0.2) is 23.7 Å². The van der Waals surface area contributed by atoms with Crippen LogP contribution in [0.15, 0.2) is 0 Å². The van der Waals surface area contributed by atoms with E-state index in [9.17, 15) is 0 Å². The smallest absolute Gasteiger partial charge is 0.0819 e. The summed E-state index contributed by atoms with van der Waals surface area (Å²) in [6.07, 6.45) is 7.64. The van der Waals surface area contributed by atoms with Crippen LogP contribution in [0.3, 0.4) is 0 Å². The highest BCUT2D eigenvalue weighted by Crippen LogP contribution is 2.06. The highest BCUT2D eigenvalue weighted by Gasteiger charge is 1.91. The van der Waals surface area contributed by atoms with Gasteiger partial charge in [0, 0.05) is 0 Å². The second-order valence-electron chi connectivity index (χ2n) is 3.14. The first-order valence-corrected chi connectivity index (χ1v) is 4.94. The quantitative estimate of drug-likeness (QED) is 0.317. The molecule has 0 spiro atoms. The summed E-state index contributed by atoms with van der Waals surface area (Å²) in [6.45, 7) is 0.886. The molecule has 0 atom stereocenters. The number of unbranched alkanes of at least 4 members (excludes halogenated alkanes) is 6. The van der Waals surface area contributed by atoms with Gasteiger partial charge in [-0.25, -0.2) is 9.78 Å². The highest BCUT2D eigenvalue weighted by atomic mass is 17.1. The van der Waals surface area contributed by atoms with Gasteiger partial charge >= 0.3 is 0 Å². The van der Waals surface area contributed by atoms with Gasteiger partial charge in [0.2, 0.25) is 0 Å². The minimum absolute atomic E-state index is 0.443. The first-order valence-electron chi connectivity index (χ1n) is 4.94. The van der Waals surface area contributed by atoms with E-state index in [1.165, 1.54) is 19.3 Å². The second-order valence-corrected chi connectivity index (χ2v) is 3.14. The zero-order valence-electron chi connectivity index (χ0n) is 8.07. The summed E-state index contributed by atoms with van der Waals surface area (Å²) in [5, 5.41) is 16.1. The Balaban J connectivity index is 2.76. The van der Waals surface area contributed by atoms with Gasteiger partial charge in [-0.15, -0.1) is 0 Å². The maximum absolute atomic E-state index is 8.03. The van der Waals surface area contributed by atoms with Gasteiger partial charge in [0.15, 0.2) is 0 Å². The normalized spacial score (nSPS) is 10.6. The number of rotatable bonds is 10. The van der Waals surface area contributed by atoms with Gasteiger partial charge < -0.3 is 0 Å². The van der Waals surface area contributed by atoms with E-state index in [-0.39, 0.29) is 0 Å². The Kier molecular flexibility index (Phi) is 11.7. The van der Waals surface area contributed by atoms with Crippen molar-refractivity contribution in [3.05, 3.63) is 0 Å². The molecule has 13 heavy (non-hydrogen) atoms. The molecule has 0 amide bonds. The molecule has 0 aliphatic carbocycles. The van der Waals surface area contributed by atoms with Crippen LogP contribution in [0.4, 0.5) is 0 Å². The van der Waals surface area contributed by atoms with Crippen molar-refractivity contribution in [3.63, 3.8) is 0 Å². The summed E-state index contributed by atoms with van der Waals surface area (Å²) in [4.78, 5) is 7.91. The standard InChI is InChI=1S/C9H20O4/c10-12-8-6-4-2-1-3-5-7-9-13-11/h10-11H,1-9H2. The summed E-state index contributed by atoms with van der Waals surface area (Å²) >= 11 is 0. The van der Waals surface area contributed by atoms with E-state index in [2.05, 4.69) is 9.78 Å². The molecule has 0 aliphatic heterocycles. The Morgan fingerprint density at radius 2 is 0.846 bits per heavy atom. The average molecular weight is 192 g/mol. The maximum atomic E-state index is 8.03. The van der Waals surface area contributed by atoms with E-state index < -0.39 is 0 Å². The van der Waals surface area contributed by atoms with Gasteiger partial charge in [-0.1, -0.05) is 32.1 Å². The number of hydrogen-bond donors (Lipinski definition) is 2. The largest absolute Gasteiger partial charge is 0.252 e. The Bertz CT molecular complexity index is 77.7. The third kappa shape index (κ3) is 11.8. The molecule has 0 fully saturated rings. The molecule has 4 heteroatoms. The van der Waals surface area contributed by atoms with Gasteiger partial charge in [-0.2, -0.15) is 0 Å². The molecule has 0 heterocycles. The number of hydrogen-bond acceptors (Lipinski definition) is 4. The minimum Gasteiger partial charge on any atom is -0.252 e. The summed E-state index contributed by atoms with van der Waals surface area (Å²) < 4.78 is 0. The topological polar surface area (TPSA) is 58.9 Å². The van der Waals surface area contributed by atoms with Crippen molar-refractivity contribution in [1.82, 2.24) is 0 Å². The molecule has 0 unspecified atom stereocenters. The third-order valence-electron chi connectivity index (χ3n) is 1.97. The molecule has 0 bridgehead atoms. The lowest BCUT2D eigenvalue weighted by atomic mass is 10.1. The lowest BCUT2D eigenvalue weighted by Crippen LogP contribution is -1.90. The summed E-state index contributed by atoms with van der Waals surface area (Å²) in [6, 6.07) is 0. The van der Waals surface area contributed by atoms with Crippen molar-refractivity contribution in [2.24, 2.45) is 0 Å². The van der Waals surface area contributed by atoms with Crippen LogP contribution in [-0.2, 0) is 9.78 Å². The molecule has 2 N–H and O–H groups in total. The van der Waals surface area contributed by atoms with E-state index >= 15 is 0 Å². The lowest BCUT2D eigenvalue weighted by molar-refractivity contribution is -0.242. The SMILES string of the molecule is OOCCCCCCCCCOO. The zero-order valence-corrected chi connectivity index (χ0v) is 8.07. The molecular weight excluding hydrogens is 172 g/mol. The van der Waals surface area contributed by atoms with E-state index in [4.69, 9.17) is 10.5 Å². The van der Waals surface area contributed by atoms with Crippen molar-refractivity contribution < 1.29 is 20.3 Å². The molecule has 0 saturated carbocycles. The van der Waals surface area contributed by atoms with E-state index in [1.54, 1.807) is 0 Å². The minimum atomic E-state index is 0.443. The Hall–Kier alpha value is -0.160. The van der Waals surface area contributed by atoms with Crippen LogP contribution in [0.5, 0.6) is 0 Å². The molecule has 80 valence electrons. The first kappa shape index (κ1) is 12.8. The monoisotopic (exact) mass is 192 g/mol. The molecule has 0 aromatic carbocycles. The van der Waals surface area contributed by atoms with Gasteiger partial charge in [0.05, 0.1) is 13.2 Å². The molecule has 0 saturated heterocycles. The van der Waals surface area contributed by atoms with Gasteiger partial charge in [-0.3, -0.25) is 10.5 Å². The molecule has 0 aromatic heterocycles. The fourth-order valence-corrected chi connectivity index (χ4v) is 1.22. The molecule has 0 aromatic rings. The average Bonchev–Trinajstić information content (AvgIpc) is 2.16. The zero-order chi connectivity index (χ0) is 9.78. The first-order chi connectivity index (χ1) is 6.41. The molecule has 0 aliphatic rings. The van der Waals surface area contributed by atoms with Crippen molar-refractivity contribution in [3.8, 4) is 0 Å².